The summed E-state index contributed by atoms with van der Waals surface area (Å²) >= 11 is 0. The lowest BCUT2D eigenvalue weighted by Gasteiger charge is -2.11. The maximum absolute atomic E-state index is 11.3. The van der Waals surface area contributed by atoms with E-state index in [2.05, 4.69) is 23.2 Å². The van der Waals surface area contributed by atoms with Gasteiger partial charge in [0, 0.05) is 12.4 Å². The molecule has 3 nitrogen and oxygen atoms in total. The van der Waals surface area contributed by atoms with Gasteiger partial charge in [-0.25, -0.2) is 0 Å². The molecular weight excluding hydrogens is 332 g/mol. The van der Waals surface area contributed by atoms with E-state index < -0.39 is 5.91 Å². The third kappa shape index (κ3) is 5.51. The Labute approximate surface area is 159 Å². The van der Waals surface area contributed by atoms with Crippen molar-refractivity contribution in [2.75, 3.05) is 0 Å². The van der Waals surface area contributed by atoms with E-state index in [9.17, 15) is 4.79 Å². The molecule has 3 rings (SSSR count). The smallest absolute Gasteiger partial charge is 0.221 e. The molecule has 0 atom stereocenters. The minimum Gasteiger partial charge on any atom is -0.369 e. The number of benzene rings is 2. The Kier molecular flexibility index (Phi) is 6.31. The van der Waals surface area contributed by atoms with E-state index in [-0.39, 0.29) is 6.42 Å². The van der Waals surface area contributed by atoms with Gasteiger partial charge in [-0.05, 0) is 46.4 Å². The van der Waals surface area contributed by atoms with Crippen molar-refractivity contribution < 1.29 is 4.79 Å². The molecule has 1 heterocycles. The zero-order chi connectivity index (χ0) is 18.9. The van der Waals surface area contributed by atoms with Crippen molar-refractivity contribution in [2.24, 2.45) is 5.73 Å². The van der Waals surface area contributed by atoms with E-state index in [1.165, 1.54) is 0 Å². The van der Waals surface area contributed by atoms with Crippen LogP contribution in [0.25, 0.3) is 11.6 Å². The summed E-state index contributed by atoms with van der Waals surface area (Å²) in [6.45, 7) is 0. The molecule has 0 aliphatic heterocycles. The van der Waals surface area contributed by atoms with Gasteiger partial charge < -0.3 is 5.73 Å². The molecule has 0 aliphatic carbocycles. The topological polar surface area (TPSA) is 56.0 Å². The lowest BCUT2D eigenvalue weighted by atomic mass is 9.94. The Balaban J connectivity index is 1.96. The third-order valence-electron chi connectivity index (χ3n) is 4.12. The lowest BCUT2D eigenvalue weighted by molar-refractivity contribution is -0.117. The first-order valence-electron chi connectivity index (χ1n) is 8.82. The summed E-state index contributed by atoms with van der Waals surface area (Å²) in [6.07, 6.45) is 11.6. The van der Waals surface area contributed by atoms with Crippen molar-refractivity contribution in [2.45, 2.75) is 12.8 Å². The van der Waals surface area contributed by atoms with Gasteiger partial charge in [0.15, 0.2) is 0 Å². The Morgan fingerprint density at radius 3 is 2.52 bits per heavy atom. The van der Waals surface area contributed by atoms with Gasteiger partial charge in [0.1, 0.15) is 0 Å². The fraction of sp³-hybridized carbons (Fsp3) is 0.0833. The van der Waals surface area contributed by atoms with Crippen LogP contribution < -0.4 is 5.73 Å². The molecule has 0 saturated heterocycles. The number of hydrogen-bond donors (Lipinski definition) is 1. The van der Waals surface area contributed by atoms with Crippen molar-refractivity contribution in [3.05, 3.63) is 114 Å². The Hall–Kier alpha value is -3.46. The fourth-order valence-corrected chi connectivity index (χ4v) is 2.83. The second-order valence-electron chi connectivity index (χ2n) is 6.17. The molecular formula is C24H21N2O. The van der Waals surface area contributed by atoms with Crippen molar-refractivity contribution in [1.29, 1.82) is 0 Å². The zero-order valence-electron chi connectivity index (χ0n) is 15.0. The lowest BCUT2D eigenvalue weighted by Crippen LogP contribution is -2.08. The largest absolute Gasteiger partial charge is 0.369 e. The Morgan fingerprint density at radius 1 is 1.00 bits per heavy atom. The molecule has 133 valence electrons. The first-order chi connectivity index (χ1) is 13.2. The highest BCUT2D eigenvalue weighted by atomic mass is 16.1. The molecule has 0 spiro atoms. The second kappa shape index (κ2) is 9.30. The maximum atomic E-state index is 11.3. The van der Waals surface area contributed by atoms with Gasteiger partial charge in [-0.1, -0.05) is 72.8 Å². The van der Waals surface area contributed by atoms with E-state index in [1.807, 2.05) is 72.9 Å². The standard InChI is InChI=1S/C24H21N2O/c25-24(27)15-14-21(13-12-19-7-2-1-3-8-19)23-11-5-4-10-22(23)17-20-9-6-16-26-18-20/h1-13,16,18H,15,17H2,(H2,25,27). The highest BCUT2D eigenvalue weighted by molar-refractivity contribution is 5.83. The molecule has 0 aliphatic rings. The normalized spacial score (nSPS) is 11.6. The third-order valence-corrected chi connectivity index (χ3v) is 4.12. The molecule has 2 aromatic carbocycles. The van der Waals surface area contributed by atoms with Crippen LogP contribution in [0, 0.1) is 6.08 Å². The summed E-state index contributed by atoms with van der Waals surface area (Å²) < 4.78 is 0. The summed E-state index contributed by atoms with van der Waals surface area (Å²) in [4.78, 5) is 15.5. The van der Waals surface area contributed by atoms with Crippen LogP contribution in [0.5, 0.6) is 0 Å². The van der Waals surface area contributed by atoms with Crippen LogP contribution in [0.4, 0.5) is 0 Å². The Bertz CT molecular complexity index is 944. The summed E-state index contributed by atoms with van der Waals surface area (Å²) in [5, 5.41) is 0. The van der Waals surface area contributed by atoms with Gasteiger partial charge in [0.2, 0.25) is 5.91 Å². The summed E-state index contributed by atoms with van der Waals surface area (Å²) in [6, 6.07) is 22.2. The molecule has 1 amide bonds. The van der Waals surface area contributed by atoms with E-state index >= 15 is 0 Å². The van der Waals surface area contributed by atoms with Crippen molar-refractivity contribution in [3.8, 4) is 0 Å². The van der Waals surface area contributed by atoms with Gasteiger partial charge in [-0.2, -0.15) is 0 Å². The van der Waals surface area contributed by atoms with Gasteiger partial charge in [0.25, 0.3) is 0 Å². The van der Waals surface area contributed by atoms with E-state index in [4.69, 9.17) is 5.73 Å². The maximum Gasteiger partial charge on any atom is 0.221 e. The SMILES string of the molecule is NC(=O)C[C]=C(C=Cc1ccccc1)c1ccccc1Cc1cccnc1. The van der Waals surface area contributed by atoms with Crippen LogP contribution in [0.1, 0.15) is 28.7 Å². The molecule has 0 unspecified atom stereocenters. The summed E-state index contributed by atoms with van der Waals surface area (Å²) in [5.74, 6) is -0.398. The number of nitrogens with two attached hydrogens (primary N) is 1. The van der Waals surface area contributed by atoms with Gasteiger partial charge in [-0.3, -0.25) is 9.78 Å². The minimum atomic E-state index is -0.398. The van der Waals surface area contributed by atoms with Crippen LogP contribution in [-0.4, -0.2) is 10.9 Å². The Morgan fingerprint density at radius 2 is 1.78 bits per heavy atom. The summed E-state index contributed by atoms with van der Waals surface area (Å²) in [5.41, 5.74) is 10.6. The predicted octanol–water partition coefficient (Wildman–Crippen LogP) is 4.45. The average Bonchev–Trinajstić information content (AvgIpc) is 2.70. The van der Waals surface area contributed by atoms with Gasteiger partial charge in [0.05, 0.1) is 6.42 Å². The van der Waals surface area contributed by atoms with Crippen LogP contribution in [0.2, 0.25) is 0 Å². The average molecular weight is 353 g/mol. The highest BCUT2D eigenvalue weighted by Gasteiger charge is 2.07. The van der Waals surface area contributed by atoms with E-state index in [1.54, 1.807) is 6.20 Å². The number of carbonyl (C=O) groups is 1. The second-order valence-corrected chi connectivity index (χ2v) is 6.17. The molecule has 1 aromatic heterocycles. The molecule has 0 bridgehead atoms. The van der Waals surface area contributed by atoms with Gasteiger partial charge in [-0.15, -0.1) is 0 Å². The number of hydrogen-bond acceptors (Lipinski definition) is 2. The van der Waals surface area contributed by atoms with Crippen LogP contribution in [0.15, 0.2) is 85.2 Å². The molecule has 0 fully saturated rings. The number of rotatable bonds is 7. The molecule has 2 N–H and O–H groups in total. The van der Waals surface area contributed by atoms with E-state index in [0.717, 1.165) is 34.2 Å². The van der Waals surface area contributed by atoms with Crippen molar-refractivity contribution >= 4 is 17.6 Å². The van der Waals surface area contributed by atoms with Crippen LogP contribution in [0.3, 0.4) is 0 Å². The molecule has 3 aromatic rings. The minimum absolute atomic E-state index is 0.0791. The number of allylic oxidation sites excluding steroid dienone is 2. The van der Waals surface area contributed by atoms with Crippen LogP contribution >= 0.6 is 0 Å². The molecule has 3 heteroatoms. The first-order valence-corrected chi connectivity index (χ1v) is 8.82. The van der Waals surface area contributed by atoms with E-state index in [0.29, 0.717) is 0 Å². The van der Waals surface area contributed by atoms with Gasteiger partial charge >= 0.3 is 0 Å². The molecule has 1 radical (unpaired) electrons. The fourth-order valence-electron chi connectivity index (χ4n) is 2.83. The first kappa shape index (κ1) is 18.3. The number of primary amides is 1. The zero-order valence-corrected chi connectivity index (χ0v) is 15.0. The molecule has 0 saturated carbocycles. The monoisotopic (exact) mass is 353 g/mol. The quantitative estimate of drug-likeness (QED) is 0.638. The van der Waals surface area contributed by atoms with Crippen molar-refractivity contribution in [1.82, 2.24) is 4.98 Å². The van der Waals surface area contributed by atoms with Crippen LogP contribution in [-0.2, 0) is 11.2 Å². The number of aromatic nitrogens is 1. The number of carbonyl (C=O) groups excluding carboxylic acids is 1. The summed E-state index contributed by atoms with van der Waals surface area (Å²) in [7, 11) is 0. The highest BCUT2D eigenvalue weighted by Crippen LogP contribution is 2.24. The number of nitrogens with zero attached hydrogens (tertiary/aromatic N) is 1. The van der Waals surface area contributed by atoms with Crippen molar-refractivity contribution in [3.63, 3.8) is 0 Å². The predicted molar refractivity (Wildman–Crippen MR) is 109 cm³/mol. The number of amides is 1. The number of pyridine rings is 1. The molecule has 27 heavy (non-hydrogen) atoms.